The Labute approximate surface area is 76.8 Å². The fourth-order valence-electron chi connectivity index (χ4n) is 2.35. The van der Waals surface area contributed by atoms with E-state index in [4.69, 9.17) is 0 Å². The third-order valence-corrected chi connectivity index (χ3v) is 2.84. The summed E-state index contributed by atoms with van der Waals surface area (Å²) in [6.45, 7) is 7.46. The molecule has 11 heavy (non-hydrogen) atoms. The average molecular weight is 178 g/mol. The minimum absolute atomic E-state index is 0. The second-order valence-electron chi connectivity index (χ2n) is 4.45. The summed E-state index contributed by atoms with van der Waals surface area (Å²) in [5, 5.41) is 0. The van der Waals surface area contributed by atoms with Gasteiger partial charge < -0.3 is 16.9 Å². The molecule has 0 aliphatic carbocycles. The van der Waals surface area contributed by atoms with Gasteiger partial charge in [0.15, 0.2) is 0 Å². The molecular formula is C9H20ClN. The summed E-state index contributed by atoms with van der Waals surface area (Å²) in [4.78, 5) is 0. The van der Waals surface area contributed by atoms with Crippen LogP contribution in [0.25, 0.3) is 0 Å². The molecule has 0 radical (unpaired) electrons. The quantitative estimate of drug-likeness (QED) is 0.439. The number of nitrogens with zero attached hydrogens (tertiary/aromatic N) is 1. The largest absolute Gasteiger partial charge is 1.00 e. The van der Waals surface area contributed by atoms with Crippen LogP contribution in [0, 0.1) is 11.8 Å². The molecule has 0 N–H and O–H groups in total. The maximum Gasteiger partial charge on any atom is 0.0815 e. The monoisotopic (exact) mass is 177 g/mol. The molecule has 2 heteroatoms. The van der Waals surface area contributed by atoms with Gasteiger partial charge in [0, 0.05) is 11.8 Å². The second-order valence-corrected chi connectivity index (χ2v) is 4.45. The first-order chi connectivity index (χ1) is 4.55. The Morgan fingerprint density at radius 1 is 1.27 bits per heavy atom. The minimum Gasteiger partial charge on any atom is -1.00 e. The van der Waals surface area contributed by atoms with E-state index in [2.05, 4.69) is 27.9 Å². The van der Waals surface area contributed by atoms with Crippen molar-refractivity contribution in [1.82, 2.24) is 0 Å². The van der Waals surface area contributed by atoms with Crippen molar-refractivity contribution in [2.45, 2.75) is 20.3 Å². The lowest BCUT2D eigenvalue weighted by Crippen LogP contribution is -3.00. The zero-order valence-electron chi connectivity index (χ0n) is 8.10. The van der Waals surface area contributed by atoms with E-state index in [1.807, 2.05) is 0 Å². The van der Waals surface area contributed by atoms with Crippen molar-refractivity contribution in [3.63, 3.8) is 0 Å². The van der Waals surface area contributed by atoms with Crippen LogP contribution in [-0.4, -0.2) is 31.7 Å². The average Bonchev–Trinajstić information content (AvgIpc) is 2.05. The van der Waals surface area contributed by atoms with E-state index in [0.29, 0.717) is 0 Å². The van der Waals surface area contributed by atoms with E-state index >= 15 is 0 Å². The van der Waals surface area contributed by atoms with Gasteiger partial charge in [-0.25, -0.2) is 0 Å². The third kappa shape index (κ3) is 2.64. The fraction of sp³-hybridized carbons (Fsp3) is 1.00. The molecule has 2 unspecified atom stereocenters. The highest BCUT2D eigenvalue weighted by Gasteiger charge is 2.35. The number of hydrogen-bond donors (Lipinski definition) is 0. The van der Waals surface area contributed by atoms with Gasteiger partial charge in [0.25, 0.3) is 0 Å². The fourth-order valence-corrected chi connectivity index (χ4v) is 2.35. The Morgan fingerprint density at radius 3 is 2.00 bits per heavy atom. The van der Waals surface area contributed by atoms with Crippen LogP contribution in [0.2, 0.25) is 0 Å². The van der Waals surface area contributed by atoms with Crippen molar-refractivity contribution < 1.29 is 16.9 Å². The molecule has 68 valence electrons. The molecule has 0 aromatic heterocycles. The highest BCUT2D eigenvalue weighted by atomic mass is 35.5. The number of rotatable bonds is 1. The number of likely N-dealkylation sites (tertiary alicyclic amines) is 1. The first kappa shape index (κ1) is 11.2. The maximum absolute atomic E-state index is 2.39. The molecule has 1 rings (SSSR count). The van der Waals surface area contributed by atoms with Crippen molar-refractivity contribution in [3.05, 3.63) is 0 Å². The van der Waals surface area contributed by atoms with Gasteiger partial charge in [-0.15, -0.1) is 0 Å². The molecule has 1 nitrogen and oxygen atoms in total. The maximum atomic E-state index is 2.39. The first-order valence-electron chi connectivity index (χ1n) is 4.37. The Bertz CT molecular complexity index is 123. The van der Waals surface area contributed by atoms with E-state index in [0.717, 1.165) is 11.8 Å². The summed E-state index contributed by atoms with van der Waals surface area (Å²) >= 11 is 0. The predicted molar refractivity (Wildman–Crippen MR) is 44.8 cm³/mol. The van der Waals surface area contributed by atoms with E-state index in [9.17, 15) is 0 Å². The van der Waals surface area contributed by atoms with Crippen molar-refractivity contribution in [3.8, 4) is 0 Å². The highest BCUT2D eigenvalue weighted by Crippen LogP contribution is 2.28. The van der Waals surface area contributed by atoms with Crippen LogP contribution in [0.15, 0.2) is 0 Å². The molecule has 1 aliphatic rings. The highest BCUT2D eigenvalue weighted by molar-refractivity contribution is 4.70. The summed E-state index contributed by atoms with van der Waals surface area (Å²) in [5.74, 6) is 1.93. The van der Waals surface area contributed by atoms with Gasteiger partial charge in [-0.05, 0) is 6.42 Å². The Hall–Kier alpha value is 0.250. The van der Waals surface area contributed by atoms with Crippen LogP contribution in [0.5, 0.6) is 0 Å². The standard InChI is InChI=1S/C9H20N.ClH/c1-5-9-7-10(3,4)6-8(9)2;/h8-9H,5-7H2,1-4H3;1H/q+1;/p-1. The van der Waals surface area contributed by atoms with Crippen LogP contribution in [-0.2, 0) is 0 Å². The smallest absolute Gasteiger partial charge is 0.0815 e. The summed E-state index contributed by atoms with van der Waals surface area (Å²) in [6, 6.07) is 0. The van der Waals surface area contributed by atoms with Crippen LogP contribution >= 0.6 is 0 Å². The topological polar surface area (TPSA) is 0 Å². The summed E-state index contributed by atoms with van der Waals surface area (Å²) in [6.07, 6.45) is 1.36. The first-order valence-corrected chi connectivity index (χ1v) is 4.37. The second kappa shape index (κ2) is 3.77. The molecule has 0 spiro atoms. The molecule has 1 aliphatic heterocycles. The van der Waals surface area contributed by atoms with E-state index in [-0.39, 0.29) is 12.4 Å². The van der Waals surface area contributed by atoms with Crippen LogP contribution < -0.4 is 12.4 Å². The lowest BCUT2D eigenvalue weighted by molar-refractivity contribution is -0.880. The summed E-state index contributed by atoms with van der Waals surface area (Å²) < 4.78 is 1.24. The molecular weight excluding hydrogens is 158 g/mol. The van der Waals surface area contributed by atoms with Crippen molar-refractivity contribution in [1.29, 1.82) is 0 Å². The third-order valence-electron chi connectivity index (χ3n) is 2.84. The van der Waals surface area contributed by atoms with Crippen LogP contribution in [0.3, 0.4) is 0 Å². The van der Waals surface area contributed by atoms with E-state index in [1.165, 1.54) is 24.0 Å². The zero-order valence-corrected chi connectivity index (χ0v) is 8.86. The van der Waals surface area contributed by atoms with Gasteiger partial charge in [-0.1, -0.05) is 13.8 Å². The Balaban J connectivity index is 0.000001000. The normalized spacial score (nSPS) is 34.9. The molecule has 1 heterocycles. The van der Waals surface area contributed by atoms with Gasteiger partial charge in [0.2, 0.25) is 0 Å². The SMILES string of the molecule is CCC1C[N+](C)(C)CC1C.[Cl-]. The Kier molecular flexibility index (Phi) is 3.86. The number of halogens is 1. The number of hydrogen-bond acceptors (Lipinski definition) is 0. The summed E-state index contributed by atoms with van der Waals surface area (Å²) in [5.41, 5.74) is 0. The van der Waals surface area contributed by atoms with Crippen molar-refractivity contribution in [2.24, 2.45) is 11.8 Å². The molecule has 1 saturated heterocycles. The van der Waals surface area contributed by atoms with Crippen molar-refractivity contribution >= 4 is 0 Å². The molecule has 0 aromatic rings. The lowest BCUT2D eigenvalue weighted by atomic mass is 9.96. The van der Waals surface area contributed by atoms with Gasteiger partial charge in [-0.3, -0.25) is 0 Å². The van der Waals surface area contributed by atoms with Gasteiger partial charge in [0.05, 0.1) is 27.2 Å². The van der Waals surface area contributed by atoms with Gasteiger partial charge in [0.1, 0.15) is 0 Å². The van der Waals surface area contributed by atoms with Crippen LogP contribution in [0.4, 0.5) is 0 Å². The van der Waals surface area contributed by atoms with Crippen LogP contribution in [0.1, 0.15) is 20.3 Å². The molecule has 0 aromatic carbocycles. The Morgan fingerprint density at radius 2 is 1.82 bits per heavy atom. The molecule has 2 atom stereocenters. The molecule has 0 saturated carbocycles. The van der Waals surface area contributed by atoms with Gasteiger partial charge >= 0.3 is 0 Å². The molecule has 0 bridgehead atoms. The number of quaternary nitrogens is 1. The molecule has 1 fully saturated rings. The lowest BCUT2D eigenvalue weighted by Gasteiger charge is -2.23. The predicted octanol–water partition coefficient (Wildman–Crippen LogP) is -1.26. The van der Waals surface area contributed by atoms with E-state index in [1.54, 1.807) is 0 Å². The minimum atomic E-state index is 0. The zero-order chi connectivity index (χ0) is 7.78. The summed E-state index contributed by atoms with van der Waals surface area (Å²) in [7, 11) is 4.68. The van der Waals surface area contributed by atoms with Gasteiger partial charge in [-0.2, -0.15) is 0 Å². The van der Waals surface area contributed by atoms with Crippen molar-refractivity contribution in [2.75, 3.05) is 27.2 Å². The molecule has 0 amide bonds. The van der Waals surface area contributed by atoms with E-state index < -0.39 is 0 Å².